The van der Waals surface area contributed by atoms with E-state index in [1.165, 1.54) is 18.5 Å². The van der Waals surface area contributed by atoms with Crippen LogP contribution in [-0.2, 0) is 17.8 Å². The fourth-order valence-electron chi connectivity index (χ4n) is 3.87. The molecule has 2 aromatic heterocycles. The van der Waals surface area contributed by atoms with Crippen LogP contribution in [0.2, 0.25) is 0 Å². The number of aromatic nitrogens is 3. The molecule has 3 aromatic carbocycles. The van der Waals surface area contributed by atoms with Crippen molar-refractivity contribution in [1.29, 1.82) is 0 Å². The van der Waals surface area contributed by atoms with Gasteiger partial charge in [0.05, 0.1) is 11.9 Å². The van der Waals surface area contributed by atoms with Crippen molar-refractivity contribution in [3.8, 4) is 11.6 Å². The van der Waals surface area contributed by atoms with Crippen LogP contribution in [0.25, 0.3) is 11.0 Å². The summed E-state index contributed by atoms with van der Waals surface area (Å²) in [6, 6.07) is 25.5. The van der Waals surface area contributed by atoms with E-state index in [0.717, 1.165) is 11.1 Å². The third-order valence-electron chi connectivity index (χ3n) is 5.57. The standard InChI is InChI=1S/C28H22FN5O2S/c29-22-16-21(32-28(37)33-25(35)15-19-7-3-1-4-8-19)11-12-24(22)36-27-26-23(30-18-31-27)13-14-34(26)17-20-9-5-2-6-10-20/h1-14,16,18H,15,17H2,(H2,32,33,35,37). The largest absolute Gasteiger partial charge is 0.434 e. The molecule has 2 N–H and O–H groups in total. The Morgan fingerprint density at radius 3 is 2.41 bits per heavy atom. The van der Waals surface area contributed by atoms with Gasteiger partial charge in [0.2, 0.25) is 11.8 Å². The fourth-order valence-corrected chi connectivity index (χ4v) is 4.10. The minimum Gasteiger partial charge on any atom is -0.434 e. The molecule has 0 saturated carbocycles. The third-order valence-corrected chi connectivity index (χ3v) is 5.77. The first-order valence-electron chi connectivity index (χ1n) is 11.5. The van der Waals surface area contributed by atoms with Crippen LogP contribution >= 0.6 is 12.2 Å². The lowest BCUT2D eigenvalue weighted by molar-refractivity contribution is -0.119. The van der Waals surface area contributed by atoms with E-state index in [1.54, 1.807) is 6.07 Å². The van der Waals surface area contributed by atoms with Gasteiger partial charge in [0.15, 0.2) is 16.7 Å². The zero-order chi connectivity index (χ0) is 25.6. The first-order chi connectivity index (χ1) is 18.0. The SMILES string of the molecule is O=C(Cc1ccccc1)NC(=S)Nc1ccc(Oc2ncnc3ccn(Cc4ccccc4)c23)c(F)c1. The van der Waals surface area contributed by atoms with E-state index in [0.29, 0.717) is 23.3 Å². The Morgan fingerprint density at radius 1 is 0.946 bits per heavy atom. The molecule has 0 aliphatic rings. The van der Waals surface area contributed by atoms with E-state index < -0.39 is 5.82 Å². The Morgan fingerprint density at radius 2 is 1.68 bits per heavy atom. The van der Waals surface area contributed by atoms with Crippen molar-refractivity contribution in [2.75, 3.05) is 5.32 Å². The summed E-state index contributed by atoms with van der Waals surface area (Å²) in [5, 5.41) is 5.50. The Bertz CT molecular complexity index is 1560. The van der Waals surface area contributed by atoms with E-state index in [1.807, 2.05) is 77.5 Å². The number of hydrogen-bond acceptors (Lipinski definition) is 5. The maximum absolute atomic E-state index is 15.0. The van der Waals surface area contributed by atoms with Crippen LogP contribution in [0.4, 0.5) is 10.1 Å². The van der Waals surface area contributed by atoms with Crippen molar-refractivity contribution < 1.29 is 13.9 Å². The van der Waals surface area contributed by atoms with Crippen LogP contribution < -0.4 is 15.4 Å². The van der Waals surface area contributed by atoms with Gasteiger partial charge in [0.25, 0.3) is 0 Å². The van der Waals surface area contributed by atoms with Crippen molar-refractivity contribution in [3.05, 3.63) is 114 Å². The molecule has 5 aromatic rings. The van der Waals surface area contributed by atoms with Gasteiger partial charge in [-0.05, 0) is 41.5 Å². The molecule has 9 heteroatoms. The molecule has 0 atom stereocenters. The fraction of sp³-hybridized carbons (Fsp3) is 0.0714. The first kappa shape index (κ1) is 24.1. The second-order valence-electron chi connectivity index (χ2n) is 8.25. The van der Waals surface area contributed by atoms with Crippen LogP contribution in [0.3, 0.4) is 0 Å². The van der Waals surface area contributed by atoms with Crippen LogP contribution in [0.15, 0.2) is 97.5 Å². The predicted molar refractivity (Wildman–Crippen MR) is 144 cm³/mol. The highest BCUT2D eigenvalue weighted by atomic mass is 32.1. The molecule has 0 aliphatic heterocycles. The van der Waals surface area contributed by atoms with Crippen molar-refractivity contribution >= 4 is 40.0 Å². The maximum Gasteiger partial charge on any atom is 0.247 e. The highest BCUT2D eigenvalue weighted by Crippen LogP contribution is 2.30. The number of anilines is 1. The first-order valence-corrected chi connectivity index (χ1v) is 11.9. The molecule has 7 nitrogen and oxygen atoms in total. The monoisotopic (exact) mass is 511 g/mol. The molecule has 0 unspecified atom stereocenters. The second-order valence-corrected chi connectivity index (χ2v) is 8.66. The van der Waals surface area contributed by atoms with Gasteiger partial charge in [0.1, 0.15) is 11.8 Å². The number of hydrogen-bond donors (Lipinski definition) is 2. The lowest BCUT2D eigenvalue weighted by Gasteiger charge is -2.12. The average molecular weight is 512 g/mol. The molecule has 184 valence electrons. The van der Waals surface area contributed by atoms with Gasteiger partial charge in [-0.25, -0.2) is 9.37 Å². The van der Waals surface area contributed by atoms with Gasteiger partial charge >= 0.3 is 0 Å². The normalized spacial score (nSPS) is 10.7. The zero-order valence-corrected chi connectivity index (χ0v) is 20.4. The summed E-state index contributed by atoms with van der Waals surface area (Å²) in [6.07, 6.45) is 3.47. The minimum absolute atomic E-state index is 0.00274. The maximum atomic E-state index is 15.0. The number of benzene rings is 3. The number of carbonyl (C=O) groups is 1. The molecule has 0 bridgehead atoms. The van der Waals surface area contributed by atoms with Crippen molar-refractivity contribution in [3.63, 3.8) is 0 Å². The van der Waals surface area contributed by atoms with Gasteiger partial charge in [-0.2, -0.15) is 4.98 Å². The van der Waals surface area contributed by atoms with E-state index in [-0.39, 0.29) is 29.1 Å². The molecule has 0 fully saturated rings. The smallest absolute Gasteiger partial charge is 0.247 e. The van der Waals surface area contributed by atoms with Gasteiger partial charge in [0, 0.05) is 24.5 Å². The highest BCUT2D eigenvalue weighted by Gasteiger charge is 2.15. The number of nitrogens with one attached hydrogen (secondary N) is 2. The molecule has 0 spiro atoms. The Labute approximate surface area is 218 Å². The second kappa shape index (κ2) is 11.0. The molecule has 0 aliphatic carbocycles. The summed E-state index contributed by atoms with van der Waals surface area (Å²) in [7, 11) is 0. The van der Waals surface area contributed by atoms with Crippen LogP contribution in [0, 0.1) is 5.82 Å². The summed E-state index contributed by atoms with van der Waals surface area (Å²) < 4.78 is 22.8. The van der Waals surface area contributed by atoms with Gasteiger partial charge < -0.3 is 19.9 Å². The lowest BCUT2D eigenvalue weighted by Crippen LogP contribution is -2.35. The van der Waals surface area contributed by atoms with Crippen LogP contribution in [0.1, 0.15) is 11.1 Å². The van der Waals surface area contributed by atoms with E-state index in [4.69, 9.17) is 17.0 Å². The van der Waals surface area contributed by atoms with Gasteiger partial charge in [-0.3, -0.25) is 4.79 Å². The summed E-state index contributed by atoms with van der Waals surface area (Å²) >= 11 is 5.20. The van der Waals surface area contributed by atoms with E-state index >= 15 is 0 Å². The summed E-state index contributed by atoms with van der Waals surface area (Å²) in [4.78, 5) is 20.8. The summed E-state index contributed by atoms with van der Waals surface area (Å²) in [6.45, 7) is 0.590. The average Bonchev–Trinajstić information content (AvgIpc) is 3.30. The lowest BCUT2D eigenvalue weighted by atomic mass is 10.1. The third kappa shape index (κ3) is 5.96. The van der Waals surface area contributed by atoms with Gasteiger partial charge in [-0.1, -0.05) is 60.7 Å². The number of rotatable bonds is 7. The number of thiocarbonyl (C=S) groups is 1. The quantitative estimate of drug-likeness (QED) is 0.282. The number of halogens is 1. The minimum atomic E-state index is -0.615. The van der Waals surface area contributed by atoms with E-state index in [9.17, 15) is 9.18 Å². The summed E-state index contributed by atoms with van der Waals surface area (Å²) in [5.41, 5.74) is 3.69. The molecule has 2 heterocycles. The topological polar surface area (TPSA) is 81.1 Å². The molecule has 0 saturated heterocycles. The van der Waals surface area contributed by atoms with Crippen molar-refractivity contribution in [2.24, 2.45) is 0 Å². The molecule has 0 radical (unpaired) electrons. The number of ether oxygens (including phenoxy) is 1. The Balaban J connectivity index is 1.27. The number of fused-ring (bicyclic) bond motifs is 1. The van der Waals surface area contributed by atoms with Crippen molar-refractivity contribution in [1.82, 2.24) is 19.9 Å². The molecular formula is C28H22FN5O2S. The molecule has 1 amide bonds. The van der Waals surface area contributed by atoms with Crippen LogP contribution in [0.5, 0.6) is 11.6 Å². The van der Waals surface area contributed by atoms with Crippen molar-refractivity contribution in [2.45, 2.75) is 13.0 Å². The van der Waals surface area contributed by atoms with E-state index in [2.05, 4.69) is 20.6 Å². The highest BCUT2D eigenvalue weighted by molar-refractivity contribution is 7.80. The Hall–Kier alpha value is -4.63. The summed E-state index contributed by atoms with van der Waals surface area (Å²) in [5.74, 6) is -0.641. The number of nitrogens with zero attached hydrogens (tertiary/aromatic N) is 3. The molecule has 37 heavy (non-hydrogen) atoms. The molecule has 5 rings (SSSR count). The number of carbonyl (C=O) groups excluding carboxylic acids is 1. The predicted octanol–water partition coefficient (Wildman–Crippen LogP) is 5.47. The van der Waals surface area contributed by atoms with Crippen LogP contribution in [-0.4, -0.2) is 25.6 Å². The zero-order valence-electron chi connectivity index (χ0n) is 19.6. The number of amides is 1. The van der Waals surface area contributed by atoms with Gasteiger partial charge in [-0.15, -0.1) is 0 Å². The Kier molecular flexibility index (Phi) is 7.14. The molecular weight excluding hydrogens is 489 g/mol.